The number of nitrogens with zero attached hydrogens (tertiary/aromatic N) is 2. The molecule has 0 amide bonds. The zero-order valence-electron chi connectivity index (χ0n) is 33.5. The van der Waals surface area contributed by atoms with E-state index in [1.165, 1.54) is 22.3 Å². The van der Waals surface area contributed by atoms with Gasteiger partial charge in [-0.2, -0.15) is 0 Å². The SMILES string of the molecule is c1ccc(-c2ccc(-n3c4ccc(-c5ccc(-c6ccc7c(c6)c6oc8ccccc8c6n7-c6ccc(-c7ccccc7)cc6)cc5)cc4c4oc5ccccc5c43)cc2)cc1. The largest absolute Gasteiger partial charge is 0.454 e. The van der Waals surface area contributed by atoms with E-state index in [2.05, 4.69) is 215 Å². The second-order valence-corrected chi connectivity index (χ2v) is 16.1. The highest BCUT2D eigenvalue weighted by atomic mass is 16.3. The Morgan fingerprint density at radius 2 is 0.581 bits per heavy atom. The lowest BCUT2D eigenvalue weighted by Crippen LogP contribution is -1.94. The third kappa shape index (κ3) is 5.33. The van der Waals surface area contributed by atoms with Gasteiger partial charge in [0.25, 0.3) is 0 Å². The van der Waals surface area contributed by atoms with Crippen LogP contribution in [0.15, 0.2) is 227 Å². The first-order valence-electron chi connectivity index (χ1n) is 21.1. The zero-order chi connectivity index (χ0) is 40.7. The van der Waals surface area contributed by atoms with Crippen LogP contribution in [0.2, 0.25) is 0 Å². The van der Waals surface area contributed by atoms with E-state index in [1.54, 1.807) is 0 Å². The fraction of sp³-hybridized carbons (Fsp3) is 0. The van der Waals surface area contributed by atoms with E-state index < -0.39 is 0 Å². The Kier molecular flexibility index (Phi) is 7.57. The molecule has 4 heterocycles. The third-order valence-electron chi connectivity index (χ3n) is 12.6. The fourth-order valence-corrected chi connectivity index (χ4v) is 9.56. The standard InChI is InChI=1S/C58H36N2O2/c1-3-11-37(12-4-1)39-23-29-45(30-24-39)59-51-33-27-43(35-49(51)57-55(59)47-15-7-9-17-53(47)61-57)41-19-21-42(22-20-41)44-28-34-52-50(36-44)58-56(48-16-8-10-18-54(48)62-58)60(52)46-31-25-40(26-32-46)38-13-5-2-6-14-38/h1-36H. The molecule has 0 bridgehead atoms. The van der Waals surface area contributed by atoms with Crippen molar-refractivity contribution in [1.29, 1.82) is 0 Å². The van der Waals surface area contributed by atoms with E-state index in [9.17, 15) is 0 Å². The number of hydrogen-bond donors (Lipinski definition) is 0. The van der Waals surface area contributed by atoms with Crippen molar-refractivity contribution < 1.29 is 8.83 Å². The molecule has 0 aliphatic heterocycles. The number of aromatic nitrogens is 2. The van der Waals surface area contributed by atoms with Gasteiger partial charge in [0, 0.05) is 32.9 Å². The first-order valence-corrected chi connectivity index (χ1v) is 21.1. The van der Waals surface area contributed by atoms with Gasteiger partial charge in [0.05, 0.1) is 11.0 Å². The van der Waals surface area contributed by atoms with Gasteiger partial charge < -0.3 is 18.0 Å². The summed E-state index contributed by atoms with van der Waals surface area (Å²) in [6, 6.07) is 77.8. The Morgan fingerprint density at radius 1 is 0.258 bits per heavy atom. The van der Waals surface area contributed by atoms with Gasteiger partial charge in [0.2, 0.25) is 0 Å². The lowest BCUT2D eigenvalue weighted by molar-refractivity contribution is 0.672. The fourth-order valence-electron chi connectivity index (χ4n) is 9.56. The average molecular weight is 793 g/mol. The molecule has 13 rings (SSSR count). The normalized spacial score (nSPS) is 11.9. The van der Waals surface area contributed by atoms with Crippen LogP contribution in [0, 0.1) is 0 Å². The highest BCUT2D eigenvalue weighted by molar-refractivity contribution is 6.18. The van der Waals surface area contributed by atoms with Crippen LogP contribution >= 0.6 is 0 Å². The van der Waals surface area contributed by atoms with Crippen molar-refractivity contribution in [2.75, 3.05) is 0 Å². The Labute approximate surface area is 356 Å². The second-order valence-electron chi connectivity index (χ2n) is 16.1. The summed E-state index contributed by atoms with van der Waals surface area (Å²) in [5, 5.41) is 4.38. The summed E-state index contributed by atoms with van der Waals surface area (Å²) >= 11 is 0. The molecule has 0 fully saturated rings. The quantitative estimate of drug-likeness (QED) is 0.168. The minimum Gasteiger partial charge on any atom is -0.454 e. The average Bonchev–Trinajstić information content (AvgIpc) is 4.09. The maximum absolute atomic E-state index is 6.64. The van der Waals surface area contributed by atoms with Crippen LogP contribution in [-0.4, -0.2) is 9.13 Å². The molecule has 0 unspecified atom stereocenters. The molecule has 4 heteroatoms. The van der Waals surface area contributed by atoms with E-state index in [0.717, 1.165) is 99.6 Å². The molecule has 4 aromatic heterocycles. The first kappa shape index (κ1) is 34.5. The minimum absolute atomic E-state index is 0.886. The van der Waals surface area contributed by atoms with Gasteiger partial charge in [-0.15, -0.1) is 0 Å². The summed E-state index contributed by atoms with van der Waals surface area (Å²) in [5.74, 6) is 0. The van der Waals surface area contributed by atoms with Crippen molar-refractivity contribution in [2.24, 2.45) is 0 Å². The number of furan rings is 2. The third-order valence-corrected chi connectivity index (χ3v) is 12.6. The molecule has 9 aromatic carbocycles. The molecule has 290 valence electrons. The van der Waals surface area contributed by atoms with Crippen LogP contribution in [0.3, 0.4) is 0 Å². The van der Waals surface area contributed by atoms with Crippen LogP contribution in [0.4, 0.5) is 0 Å². The number of rotatable bonds is 6. The molecule has 4 nitrogen and oxygen atoms in total. The van der Waals surface area contributed by atoms with Crippen molar-refractivity contribution in [1.82, 2.24) is 9.13 Å². The molecule has 0 N–H and O–H groups in total. The molecule has 62 heavy (non-hydrogen) atoms. The van der Waals surface area contributed by atoms with E-state index in [4.69, 9.17) is 8.83 Å². The van der Waals surface area contributed by atoms with E-state index in [-0.39, 0.29) is 0 Å². The molecule has 0 saturated carbocycles. The maximum Gasteiger partial charge on any atom is 0.161 e. The van der Waals surface area contributed by atoms with Crippen molar-refractivity contribution >= 4 is 65.9 Å². The van der Waals surface area contributed by atoms with Crippen molar-refractivity contribution in [3.05, 3.63) is 218 Å². The van der Waals surface area contributed by atoms with Crippen LogP contribution in [-0.2, 0) is 0 Å². The van der Waals surface area contributed by atoms with Crippen LogP contribution in [0.25, 0.3) is 122 Å². The lowest BCUT2D eigenvalue weighted by Gasteiger charge is -2.11. The van der Waals surface area contributed by atoms with Crippen molar-refractivity contribution in [3.63, 3.8) is 0 Å². The number of hydrogen-bond acceptors (Lipinski definition) is 2. The van der Waals surface area contributed by atoms with E-state index >= 15 is 0 Å². The number of benzene rings is 9. The molecular weight excluding hydrogens is 757 g/mol. The Bertz CT molecular complexity index is 3560. The molecule has 0 aliphatic rings. The summed E-state index contributed by atoms with van der Waals surface area (Å²) in [7, 11) is 0. The molecular formula is C58H36N2O2. The van der Waals surface area contributed by atoms with Crippen LogP contribution in [0.1, 0.15) is 0 Å². The van der Waals surface area contributed by atoms with Gasteiger partial charge in [0.15, 0.2) is 11.2 Å². The second kappa shape index (κ2) is 13.6. The Morgan fingerprint density at radius 3 is 1.00 bits per heavy atom. The number of para-hydroxylation sites is 2. The van der Waals surface area contributed by atoms with Gasteiger partial charge in [-0.25, -0.2) is 0 Å². The van der Waals surface area contributed by atoms with Gasteiger partial charge in [-0.1, -0.05) is 146 Å². The Balaban J connectivity index is 0.889. The van der Waals surface area contributed by atoms with Gasteiger partial charge in [0.1, 0.15) is 22.2 Å². The molecule has 0 aliphatic carbocycles. The monoisotopic (exact) mass is 792 g/mol. The predicted octanol–water partition coefficient (Wildman–Crippen LogP) is 16.0. The summed E-state index contributed by atoms with van der Waals surface area (Å²) in [6.45, 7) is 0. The lowest BCUT2D eigenvalue weighted by atomic mass is 9.99. The molecule has 0 atom stereocenters. The highest BCUT2D eigenvalue weighted by Gasteiger charge is 2.22. The van der Waals surface area contributed by atoms with E-state index in [1.807, 2.05) is 12.1 Å². The molecule has 13 aromatic rings. The maximum atomic E-state index is 6.64. The van der Waals surface area contributed by atoms with E-state index in [0.29, 0.717) is 0 Å². The number of fused-ring (bicyclic) bond motifs is 10. The Hall–Kier alpha value is -8.34. The predicted molar refractivity (Wildman–Crippen MR) is 256 cm³/mol. The first-order chi connectivity index (χ1) is 30.7. The smallest absolute Gasteiger partial charge is 0.161 e. The highest BCUT2D eigenvalue weighted by Crippen LogP contribution is 2.43. The summed E-state index contributed by atoms with van der Waals surface area (Å²) in [4.78, 5) is 0. The topological polar surface area (TPSA) is 36.1 Å². The van der Waals surface area contributed by atoms with Crippen LogP contribution < -0.4 is 0 Å². The molecule has 0 saturated heterocycles. The summed E-state index contributed by atoms with van der Waals surface area (Å²) in [5.41, 5.74) is 19.5. The zero-order valence-corrected chi connectivity index (χ0v) is 33.5. The molecule has 0 radical (unpaired) electrons. The summed E-state index contributed by atoms with van der Waals surface area (Å²) in [6.07, 6.45) is 0. The minimum atomic E-state index is 0.886. The van der Waals surface area contributed by atoms with Gasteiger partial charge in [-0.05, 0) is 117 Å². The van der Waals surface area contributed by atoms with Gasteiger partial charge in [-0.3, -0.25) is 0 Å². The molecule has 0 spiro atoms. The van der Waals surface area contributed by atoms with Crippen LogP contribution in [0.5, 0.6) is 0 Å². The van der Waals surface area contributed by atoms with Gasteiger partial charge >= 0.3 is 0 Å². The van der Waals surface area contributed by atoms with Crippen molar-refractivity contribution in [2.45, 2.75) is 0 Å². The van der Waals surface area contributed by atoms with Crippen molar-refractivity contribution in [3.8, 4) is 55.9 Å². The summed E-state index contributed by atoms with van der Waals surface area (Å²) < 4.78 is 18.0.